The van der Waals surface area contributed by atoms with E-state index < -0.39 is 5.82 Å². The molecule has 10 heteroatoms. The molecule has 4 heterocycles. The Morgan fingerprint density at radius 3 is 2.75 bits per heavy atom. The lowest BCUT2D eigenvalue weighted by Crippen LogP contribution is -2.31. The van der Waals surface area contributed by atoms with Crippen LogP contribution in [0.2, 0.25) is 0 Å². The molecule has 2 unspecified atom stereocenters. The highest BCUT2D eigenvalue weighted by atomic mass is 19.1. The summed E-state index contributed by atoms with van der Waals surface area (Å²) in [5.74, 6) is 1.01. The number of nitrogens with zero attached hydrogens (tertiary/aromatic N) is 6. The third-order valence-corrected chi connectivity index (χ3v) is 6.63. The van der Waals surface area contributed by atoms with Crippen LogP contribution in [0.25, 0.3) is 5.82 Å². The second kappa shape index (κ2) is 9.96. The summed E-state index contributed by atoms with van der Waals surface area (Å²) in [6.45, 7) is 5.89. The molecular weight excluding hydrogens is 459 g/mol. The van der Waals surface area contributed by atoms with Crippen molar-refractivity contribution < 1.29 is 9.18 Å². The van der Waals surface area contributed by atoms with E-state index in [1.807, 2.05) is 39.0 Å². The maximum absolute atomic E-state index is 13.2. The van der Waals surface area contributed by atoms with Crippen molar-refractivity contribution in [2.45, 2.75) is 58.4 Å². The highest BCUT2D eigenvalue weighted by molar-refractivity contribution is 5.79. The fourth-order valence-electron chi connectivity index (χ4n) is 4.77. The van der Waals surface area contributed by atoms with E-state index in [-0.39, 0.29) is 23.8 Å². The average molecular weight is 489 g/mol. The number of amides is 1. The zero-order valence-electron chi connectivity index (χ0n) is 20.6. The van der Waals surface area contributed by atoms with Crippen molar-refractivity contribution in [1.29, 1.82) is 0 Å². The molecule has 9 nitrogen and oxygen atoms in total. The van der Waals surface area contributed by atoms with Gasteiger partial charge in [-0.05, 0) is 63.8 Å². The van der Waals surface area contributed by atoms with Crippen LogP contribution >= 0.6 is 0 Å². The zero-order valence-corrected chi connectivity index (χ0v) is 20.6. The van der Waals surface area contributed by atoms with Gasteiger partial charge in [-0.1, -0.05) is 6.07 Å². The van der Waals surface area contributed by atoms with Crippen LogP contribution < -0.4 is 5.32 Å². The summed E-state index contributed by atoms with van der Waals surface area (Å²) in [4.78, 5) is 26.9. The second-order valence-corrected chi connectivity index (χ2v) is 9.57. The van der Waals surface area contributed by atoms with E-state index in [1.165, 1.54) is 10.9 Å². The maximum Gasteiger partial charge on any atom is 0.223 e. The van der Waals surface area contributed by atoms with Crippen molar-refractivity contribution in [2.75, 3.05) is 0 Å². The van der Waals surface area contributed by atoms with Crippen LogP contribution in [0.3, 0.4) is 0 Å². The van der Waals surface area contributed by atoms with Gasteiger partial charge in [0, 0.05) is 35.8 Å². The number of H-pyrrole nitrogens is 1. The van der Waals surface area contributed by atoms with Crippen LogP contribution in [-0.2, 0) is 11.2 Å². The van der Waals surface area contributed by atoms with Crippen molar-refractivity contribution in [2.24, 2.45) is 5.92 Å². The quantitative estimate of drug-likeness (QED) is 0.408. The lowest BCUT2D eigenvalue weighted by molar-refractivity contribution is -0.125. The number of aromatic amines is 1. The number of hydrogen-bond donors (Lipinski definition) is 2. The van der Waals surface area contributed by atoms with E-state index in [2.05, 4.69) is 30.6 Å². The Kier molecular flexibility index (Phi) is 6.58. The topological polar surface area (TPSA) is 114 Å². The predicted molar refractivity (Wildman–Crippen MR) is 131 cm³/mol. The van der Waals surface area contributed by atoms with E-state index in [0.29, 0.717) is 12.2 Å². The Hall–Kier alpha value is -3.95. The number of hydrogen-bond acceptors (Lipinski definition) is 6. The van der Waals surface area contributed by atoms with E-state index in [9.17, 15) is 9.18 Å². The first-order valence-electron chi connectivity index (χ1n) is 12.2. The molecule has 0 aliphatic heterocycles. The van der Waals surface area contributed by atoms with Gasteiger partial charge in [0.05, 0.1) is 29.8 Å². The van der Waals surface area contributed by atoms with E-state index >= 15 is 0 Å². The number of nitrogens with one attached hydrogen (secondary N) is 2. The first-order chi connectivity index (χ1) is 17.3. The Morgan fingerprint density at radius 2 is 2.06 bits per heavy atom. The van der Waals surface area contributed by atoms with Crippen molar-refractivity contribution in [3.05, 3.63) is 82.8 Å². The van der Waals surface area contributed by atoms with Crippen LogP contribution in [0.5, 0.6) is 0 Å². The van der Waals surface area contributed by atoms with E-state index in [4.69, 9.17) is 4.98 Å². The smallest absolute Gasteiger partial charge is 0.223 e. The van der Waals surface area contributed by atoms with Crippen LogP contribution in [-0.4, -0.2) is 40.8 Å². The number of halogens is 1. The van der Waals surface area contributed by atoms with E-state index in [0.717, 1.165) is 59.6 Å². The fourth-order valence-corrected chi connectivity index (χ4v) is 4.77. The van der Waals surface area contributed by atoms with Gasteiger partial charge in [-0.25, -0.2) is 24.0 Å². The number of rotatable bonds is 7. The Labute approximate surface area is 208 Å². The Balaban J connectivity index is 1.20. The summed E-state index contributed by atoms with van der Waals surface area (Å²) in [6.07, 6.45) is 7.14. The molecule has 1 fully saturated rings. The molecule has 0 spiro atoms. The number of aryl methyl sites for hydroxylation is 2. The zero-order chi connectivity index (χ0) is 25.2. The molecule has 36 heavy (non-hydrogen) atoms. The molecule has 2 N–H and O–H groups in total. The van der Waals surface area contributed by atoms with Gasteiger partial charge < -0.3 is 5.32 Å². The third kappa shape index (κ3) is 5.32. The summed E-state index contributed by atoms with van der Waals surface area (Å²) >= 11 is 0. The van der Waals surface area contributed by atoms with Gasteiger partial charge in [-0.2, -0.15) is 10.2 Å². The van der Waals surface area contributed by atoms with Gasteiger partial charge in [0.1, 0.15) is 5.82 Å². The molecule has 5 rings (SSSR count). The summed E-state index contributed by atoms with van der Waals surface area (Å²) < 4.78 is 14.6. The van der Waals surface area contributed by atoms with Gasteiger partial charge in [0.15, 0.2) is 11.6 Å². The number of carbonyl (C=O) groups excluding carboxylic acids is 1. The van der Waals surface area contributed by atoms with Gasteiger partial charge in [-0.15, -0.1) is 0 Å². The first kappa shape index (κ1) is 23.8. The van der Waals surface area contributed by atoms with Gasteiger partial charge in [0.25, 0.3) is 0 Å². The van der Waals surface area contributed by atoms with Crippen LogP contribution in [0.4, 0.5) is 4.39 Å². The molecule has 3 atom stereocenters. The highest BCUT2D eigenvalue weighted by Gasteiger charge is 2.33. The third-order valence-electron chi connectivity index (χ3n) is 6.63. The minimum absolute atomic E-state index is 0.0306. The standard InChI is InChI=1S/C26H29FN8O/c1-15-8-22(11-23-9-16(2)33-34-23)32-25(30-15)18-4-5-19(10-18)26(36)31-17(3)20-6-7-24(28-12-20)35-14-21(27)13-29-35/h6-9,12-14,17-19H,4-5,10-11H2,1-3H3,(H,31,36)(H,33,34)/t17-,18?,19?/m0/s1. The SMILES string of the molecule is Cc1cc(Cc2cc(C)[nH]n2)nc(C2CCC(C(=O)N[C@@H](C)c3ccc(-n4cc(F)cn4)nc3)C2)n1. The molecule has 4 aromatic rings. The molecule has 1 saturated carbocycles. The molecule has 1 amide bonds. The van der Waals surface area contributed by atoms with Crippen molar-refractivity contribution in [1.82, 2.24) is 40.2 Å². The van der Waals surface area contributed by atoms with Gasteiger partial charge in [0.2, 0.25) is 5.91 Å². The molecule has 0 aromatic carbocycles. The van der Waals surface area contributed by atoms with Crippen molar-refractivity contribution >= 4 is 5.91 Å². The lowest BCUT2D eigenvalue weighted by Gasteiger charge is -2.18. The minimum atomic E-state index is -0.420. The molecule has 1 aliphatic carbocycles. The Morgan fingerprint density at radius 1 is 1.19 bits per heavy atom. The molecule has 0 saturated heterocycles. The average Bonchev–Trinajstić information content (AvgIpc) is 3.60. The van der Waals surface area contributed by atoms with Crippen LogP contribution in [0, 0.1) is 25.6 Å². The van der Waals surface area contributed by atoms with Crippen LogP contribution in [0.15, 0.2) is 42.9 Å². The second-order valence-electron chi connectivity index (χ2n) is 9.57. The predicted octanol–water partition coefficient (Wildman–Crippen LogP) is 3.89. The van der Waals surface area contributed by atoms with Gasteiger partial charge in [-0.3, -0.25) is 9.89 Å². The molecular formula is C26H29FN8O. The fraction of sp³-hybridized carbons (Fsp3) is 0.385. The number of pyridine rings is 1. The van der Waals surface area contributed by atoms with Crippen molar-refractivity contribution in [3.63, 3.8) is 0 Å². The monoisotopic (exact) mass is 488 g/mol. The van der Waals surface area contributed by atoms with Gasteiger partial charge >= 0.3 is 0 Å². The molecule has 1 aliphatic rings. The molecule has 186 valence electrons. The molecule has 0 radical (unpaired) electrons. The molecule has 0 bridgehead atoms. The summed E-state index contributed by atoms with van der Waals surface area (Å²) in [5, 5.41) is 14.3. The first-order valence-corrected chi connectivity index (χ1v) is 12.2. The number of aromatic nitrogens is 7. The normalized spacial score (nSPS) is 18.3. The maximum atomic E-state index is 13.2. The summed E-state index contributed by atoms with van der Waals surface area (Å²) in [7, 11) is 0. The van der Waals surface area contributed by atoms with Crippen molar-refractivity contribution in [3.8, 4) is 5.82 Å². The summed E-state index contributed by atoms with van der Waals surface area (Å²) in [6, 6.07) is 7.44. The largest absolute Gasteiger partial charge is 0.349 e. The summed E-state index contributed by atoms with van der Waals surface area (Å²) in [5.41, 5.74) is 4.72. The van der Waals surface area contributed by atoms with E-state index in [1.54, 1.807) is 12.3 Å². The Bertz CT molecular complexity index is 1360. The lowest BCUT2D eigenvalue weighted by atomic mass is 10.0. The highest BCUT2D eigenvalue weighted by Crippen LogP contribution is 2.37. The number of carbonyl (C=O) groups is 1. The molecule has 4 aromatic heterocycles. The van der Waals surface area contributed by atoms with Crippen LogP contribution in [0.1, 0.15) is 72.3 Å². The minimum Gasteiger partial charge on any atom is -0.349 e.